The summed E-state index contributed by atoms with van der Waals surface area (Å²) in [5, 5.41) is 20.5. The molecular weight excluding hydrogens is 476 g/mol. The van der Waals surface area contributed by atoms with Crippen LogP contribution in [0, 0.1) is 0 Å². The van der Waals surface area contributed by atoms with Crippen LogP contribution in [0.1, 0.15) is 76.3 Å². The number of phenols is 2. The smallest absolute Gasteiger partial charge is 0.244 e. The monoisotopic (exact) mass is 510 g/mol. The predicted octanol–water partition coefficient (Wildman–Crippen LogP) is 3.91. The number of sulfonamides is 2. The van der Waals surface area contributed by atoms with Crippen molar-refractivity contribution in [1.29, 1.82) is 0 Å². The molecule has 2 aromatic rings. The van der Waals surface area contributed by atoms with E-state index in [2.05, 4.69) is 9.44 Å². The van der Waals surface area contributed by atoms with Gasteiger partial charge in [0.15, 0.2) is 0 Å². The SMILES string of the molecule is CC(C)c1ccc(O)c(S(=O)(=O)N[C@@H]2CCCC[C@H]2NS(=O)(=O)c2cc(C(C)C)ccc2O)c1. The first-order chi connectivity index (χ1) is 15.8. The van der Waals surface area contributed by atoms with Crippen molar-refractivity contribution >= 4 is 20.0 Å². The topological polar surface area (TPSA) is 133 Å². The van der Waals surface area contributed by atoms with E-state index in [-0.39, 0.29) is 33.1 Å². The van der Waals surface area contributed by atoms with Crippen LogP contribution >= 0.6 is 0 Å². The molecule has 0 aromatic heterocycles. The van der Waals surface area contributed by atoms with E-state index in [1.807, 2.05) is 27.7 Å². The summed E-state index contributed by atoms with van der Waals surface area (Å²) in [5.74, 6) is -0.586. The second kappa shape index (κ2) is 10.2. The van der Waals surface area contributed by atoms with Crippen molar-refractivity contribution in [3.8, 4) is 11.5 Å². The molecule has 4 N–H and O–H groups in total. The van der Waals surface area contributed by atoms with Crippen molar-refractivity contribution in [3.05, 3.63) is 47.5 Å². The number of rotatable bonds is 8. The molecule has 0 amide bonds. The van der Waals surface area contributed by atoms with Crippen molar-refractivity contribution in [2.45, 2.75) is 87.1 Å². The molecule has 0 saturated heterocycles. The molecule has 34 heavy (non-hydrogen) atoms. The van der Waals surface area contributed by atoms with E-state index in [0.717, 1.165) is 24.0 Å². The summed E-state index contributed by atoms with van der Waals surface area (Å²) in [7, 11) is -8.22. The minimum Gasteiger partial charge on any atom is -0.507 e. The molecule has 0 heterocycles. The van der Waals surface area contributed by atoms with Crippen LogP contribution in [0.5, 0.6) is 11.5 Å². The van der Waals surface area contributed by atoms with Gasteiger partial charge in [-0.05, 0) is 60.1 Å². The molecule has 1 aliphatic rings. The molecule has 8 nitrogen and oxygen atoms in total. The molecule has 0 spiro atoms. The van der Waals surface area contributed by atoms with E-state index in [9.17, 15) is 27.0 Å². The Hall–Kier alpha value is -2.14. The van der Waals surface area contributed by atoms with Crippen LogP contribution in [0.15, 0.2) is 46.2 Å². The Morgan fingerprint density at radius 1 is 0.706 bits per heavy atom. The second-order valence-corrected chi connectivity index (χ2v) is 12.9. The van der Waals surface area contributed by atoms with E-state index < -0.39 is 32.1 Å². The number of phenolic OH excluding ortho intramolecular Hbond substituents is 2. The van der Waals surface area contributed by atoms with Crippen molar-refractivity contribution in [3.63, 3.8) is 0 Å². The van der Waals surface area contributed by atoms with Gasteiger partial charge in [-0.15, -0.1) is 0 Å². The lowest BCUT2D eigenvalue weighted by Gasteiger charge is -2.32. The lowest BCUT2D eigenvalue weighted by molar-refractivity contribution is 0.339. The zero-order valence-electron chi connectivity index (χ0n) is 19.9. The van der Waals surface area contributed by atoms with Gasteiger partial charge in [-0.1, -0.05) is 52.7 Å². The standard InChI is InChI=1S/C24H34N2O6S2/c1-15(2)17-9-11-21(27)23(13-17)33(29,30)25-19-7-5-6-8-20(19)26-34(31,32)24-14-18(16(3)4)10-12-22(24)28/h9-16,19-20,25-28H,5-8H2,1-4H3/t19-,20-/m1/s1. The molecule has 0 bridgehead atoms. The van der Waals surface area contributed by atoms with Gasteiger partial charge in [0.1, 0.15) is 21.3 Å². The first kappa shape index (κ1) is 26.5. The van der Waals surface area contributed by atoms with Gasteiger partial charge in [0.2, 0.25) is 20.0 Å². The number of benzene rings is 2. The summed E-state index contributed by atoms with van der Waals surface area (Å²) in [6, 6.07) is 7.55. The Bertz CT molecular complexity index is 1140. The van der Waals surface area contributed by atoms with E-state index in [4.69, 9.17) is 0 Å². The van der Waals surface area contributed by atoms with E-state index in [1.54, 1.807) is 12.1 Å². The number of hydrogen-bond donors (Lipinski definition) is 4. The van der Waals surface area contributed by atoms with Crippen molar-refractivity contribution < 1.29 is 27.0 Å². The van der Waals surface area contributed by atoms with Crippen LogP contribution in [0.4, 0.5) is 0 Å². The van der Waals surface area contributed by atoms with Crippen molar-refractivity contribution in [2.24, 2.45) is 0 Å². The van der Waals surface area contributed by atoms with Crippen LogP contribution < -0.4 is 9.44 Å². The molecular formula is C24H34N2O6S2. The van der Waals surface area contributed by atoms with Crippen molar-refractivity contribution in [1.82, 2.24) is 9.44 Å². The van der Waals surface area contributed by atoms with E-state index in [0.29, 0.717) is 12.8 Å². The Labute approximate surface area is 202 Å². The maximum absolute atomic E-state index is 13.2. The first-order valence-corrected chi connectivity index (χ1v) is 14.5. The zero-order valence-corrected chi connectivity index (χ0v) is 21.6. The van der Waals surface area contributed by atoms with E-state index in [1.165, 1.54) is 24.3 Å². The highest BCUT2D eigenvalue weighted by molar-refractivity contribution is 7.90. The molecule has 0 radical (unpaired) electrons. The lowest BCUT2D eigenvalue weighted by atomic mass is 9.92. The Kier molecular flexibility index (Phi) is 7.96. The van der Waals surface area contributed by atoms with Gasteiger partial charge in [-0.3, -0.25) is 0 Å². The largest absolute Gasteiger partial charge is 0.507 e. The third-order valence-electron chi connectivity index (χ3n) is 6.26. The highest BCUT2D eigenvalue weighted by atomic mass is 32.2. The molecule has 2 aromatic carbocycles. The highest BCUT2D eigenvalue weighted by Crippen LogP contribution is 2.31. The summed E-state index contributed by atoms with van der Waals surface area (Å²) in [6.07, 6.45) is 2.35. The fourth-order valence-corrected chi connectivity index (χ4v) is 7.03. The molecule has 0 unspecified atom stereocenters. The summed E-state index contributed by atoms with van der Waals surface area (Å²) < 4.78 is 57.9. The van der Waals surface area contributed by atoms with Crippen LogP contribution in [-0.2, 0) is 20.0 Å². The van der Waals surface area contributed by atoms with Gasteiger partial charge in [0, 0.05) is 12.1 Å². The third kappa shape index (κ3) is 5.91. The second-order valence-electron chi connectivity index (χ2n) is 9.50. The van der Waals surface area contributed by atoms with Gasteiger partial charge in [0.25, 0.3) is 0 Å². The van der Waals surface area contributed by atoms with Crippen molar-refractivity contribution in [2.75, 3.05) is 0 Å². The minimum absolute atomic E-state index is 0.0677. The normalized spacial score (nSPS) is 19.6. The first-order valence-electron chi connectivity index (χ1n) is 11.5. The third-order valence-corrected chi connectivity index (χ3v) is 9.30. The number of aromatic hydroxyl groups is 2. The average molecular weight is 511 g/mol. The molecule has 1 fully saturated rings. The molecule has 1 aliphatic carbocycles. The van der Waals surface area contributed by atoms with Gasteiger partial charge < -0.3 is 10.2 Å². The Morgan fingerprint density at radius 3 is 1.38 bits per heavy atom. The maximum atomic E-state index is 13.2. The number of hydrogen-bond acceptors (Lipinski definition) is 6. The summed E-state index contributed by atoms with van der Waals surface area (Å²) >= 11 is 0. The quantitative estimate of drug-likeness (QED) is 0.426. The van der Waals surface area contributed by atoms with Crippen LogP contribution in [0.3, 0.4) is 0 Å². The Morgan fingerprint density at radius 2 is 1.06 bits per heavy atom. The van der Waals surface area contributed by atoms with Crippen LogP contribution in [0.2, 0.25) is 0 Å². The maximum Gasteiger partial charge on any atom is 0.244 e. The highest BCUT2D eigenvalue weighted by Gasteiger charge is 2.34. The molecule has 0 aliphatic heterocycles. The zero-order chi connectivity index (χ0) is 25.3. The molecule has 10 heteroatoms. The molecule has 2 atom stereocenters. The number of nitrogens with one attached hydrogen (secondary N) is 2. The summed E-state index contributed by atoms with van der Waals surface area (Å²) in [6.45, 7) is 7.69. The summed E-state index contributed by atoms with van der Waals surface area (Å²) in [4.78, 5) is -0.457. The van der Waals surface area contributed by atoms with Crippen LogP contribution in [-0.4, -0.2) is 39.1 Å². The molecule has 1 saturated carbocycles. The van der Waals surface area contributed by atoms with E-state index >= 15 is 0 Å². The van der Waals surface area contributed by atoms with Gasteiger partial charge in [-0.2, -0.15) is 0 Å². The van der Waals surface area contributed by atoms with Gasteiger partial charge >= 0.3 is 0 Å². The molecule has 188 valence electrons. The minimum atomic E-state index is -4.11. The summed E-state index contributed by atoms with van der Waals surface area (Å²) in [5.41, 5.74) is 1.53. The predicted molar refractivity (Wildman–Crippen MR) is 131 cm³/mol. The fraction of sp³-hybridized carbons (Fsp3) is 0.500. The van der Waals surface area contributed by atoms with Gasteiger partial charge in [0.05, 0.1) is 0 Å². The fourth-order valence-electron chi connectivity index (χ4n) is 4.15. The lowest BCUT2D eigenvalue weighted by Crippen LogP contribution is -2.53. The Balaban J connectivity index is 1.88. The average Bonchev–Trinajstić information content (AvgIpc) is 2.74. The van der Waals surface area contributed by atoms with Crippen LogP contribution in [0.25, 0.3) is 0 Å². The molecule has 3 rings (SSSR count). The van der Waals surface area contributed by atoms with Gasteiger partial charge in [-0.25, -0.2) is 26.3 Å².